The monoisotopic (exact) mass is 407 g/mol. The molecule has 0 radical (unpaired) electrons. The third kappa shape index (κ3) is 3.84. The average molecular weight is 407 g/mol. The number of nitro benzene ring substituents is 2. The van der Waals surface area contributed by atoms with Gasteiger partial charge in [-0.05, 0) is 31.4 Å². The zero-order chi connectivity index (χ0) is 21.3. The fraction of sp³-hybridized carbons (Fsp3) is 0.278. The molecule has 152 valence electrons. The quantitative estimate of drug-likeness (QED) is 0.546. The van der Waals surface area contributed by atoms with Crippen LogP contribution in [0.25, 0.3) is 0 Å². The lowest BCUT2D eigenvalue weighted by atomic mass is 9.98. The molecular weight excluding hydrogens is 392 g/mol. The van der Waals surface area contributed by atoms with Gasteiger partial charge >= 0.3 is 6.61 Å². The predicted molar refractivity (Wildman–Crippen MR) is 97.6 cm³/mol. The Kier molecular flexibility index (Phi) is 5.39. The number of nitro groups is 2. The molecule has 29 heavy (non-hydrogen) atoms. The van der Waals surface area contributed by atoms with E-state index in [2.05, 4.69) is 4.74 Å². The predicted octanol–water partition coefficient (Wildman–Crippen LogP) is 4.01. The van der Waals surface area contributed by atoms with Crippen molar-refractivity contribution in [2.45, 2.75) is 26.4 Å². The molecule has 0 N–H and O–H groups in total. The molecule has 3 rings (SSSR count). The summed E-state index contributed by atoms with van der Waals surface area (Å²) in [7, 11) is 0. The molecule has 0 aliphatic carbocycles. The van der Waals surface area contributed by atoms with E-state index in [1.807, 2.05) is 0 Å². The fourth-order valence-electron chi connectivity index (χ4n) is 3.36. The third-order valence-corrected chi connectivity index (χ3v) is 4.64. The lowest BCUT2D eigenvalue weighted by molar-refractivity contribution is -0.394. The van der Waals surface area contributed by atoms with E-state index in [0.29, 0.717) is 18.4 Å². The Hall–Kier alpha value is -3.63. The number of para-hydroxylation sites is 1. The minimum absolute atomic E-state index is 0.0509. The highest BCUT2D eigenvalue weighted by molar-refractivity contribution is 6.09. The molecule has 0 bridgehead atoms. The van der Waals surface area contributed by atoms with Crippen molar-refractivity contribution in [2.24, 2.45) is 0 Å². The van der Waals surface area contributed by atoms with Crippen molar-refractivity contribution >= 4 is 23.0 Å². The van der Waals surface area contributed by atoms with Crippen LogP contribution in [0.5, 0.6) is 5.75 Å². The Balaban J connectivity index is 2.14. The number of aryl methyl sites for hydroxylation is 1. The van der Waals surface area contributed by atoms with Crippen molar-refractivity contribution in [1.82, 2.24) is 0 Å². The molecule has 2 aromatic rings. The summed E-state index contributed by atoms with van der Waals surface area (Å²) in [6.07, 6.45) is 1.04. The standard InChI is InChI=1S/C18H15F2N3O6/c1-10-13(8-12(22(25)26)9-14(10)23(27)28)17(24)21-7-3-5-11-4-2-6-15(16(11)21)29-18(19)20/h2,4,6,8-9,18H,3,5,7H2,1H3. The number of hydrogen-bond donors (Lipinski definition) is 0. The van der Waals surface area contributed by atoms with Crippen LogP contribution in [0.1, 0.15) is 27.9 Å². The summed E-state index contributed by atoms with van der Waals surface area (Å²) in [5.41, 5.74) is -0.745. The summed E-state index contributed by atoms with van der Waals surface area (Å²) in [5, 5.41) is 22.4. The Labute approximate surface area is 162 Å². The highest BCUT2D eigenvalue weighted by Gasteiger charge is 2.32. The van der Waals surface area contributed by atoms with Crippen LogP contribution in [0.15, 0.2) is 30.3 Å². The molecule has 11 heteroatoms. The second-order valence-electron chi connectivity index (χ2n) is 6.35. The van der Waals surface area contributed by atoms with E-state index >= 15 is 0 Å². The number of nitrogens with zero attached hydrogens (tertiary/aromatic N) is 3. The van der Waals surface area contributed by atoms with Gasteiger partial charge in [-0.1, -0.05) is 12.1 Å². The molecule has 0 fully saturated rings. The first-order valence-electron chi connectivity index (χ1n) is 8.52. The van der Waals surface area contributed by atoms with E-state index in [1.165, 1.54) is 24.0 Å². The van der Waals surface area contributed by atoms with Gasteiger partial charge in [0.1, 0.15) is 5.75 Å². The van der Waals surface area contributed by atoms with Crippen LogP contribution in [0.4, 0.5) is 25.8 Å². The van der Waals surface area contributed by atoms with Crippen LogP contribution in [-0.4, -0.2) is 28.9 Å². The minimum atomic E-state index is -3.11. The SMILES string of the molecule is Cc1c(C(=O)N2CCCc3cccc(OC(F)F)c32)cc([N+](=O)[O-])cc1[N+](=O)[O-]. The molecule has 1 heterocycles. The van der Waals surface area contributed by atoms with Crippen LogP contribution < -0.4 is 9.64 Å². The number of carbonyl (C=O) groups is 1. The summed E-state index contributed by atoms with van der Waals surface area (Å²) >= 11 is 0. The molecule has 0 spiro atoms. The van der Waals surface area contributed by atoms with Crippen LogP contribution in [0.2, 0.25) is 0 Å². The van der Waals surface area contributed by atoms with Crippen molar-refractivity contribution in [2.75, 3.05) is 11.4 Å². The Morgan fingerprint density at radius 1 is 1.21 bits per heavy atom. The zero-order valence-electron chi connectivity index (χ0n) is 15.1. The van der Waals surface area contributed by atoms with Crippen LogP contribution in [0, 0.1) is 27.2 Å². The molecule has 0 saturated heterocycles. The summed E-state index contributed by atoms with van der Waals surface area (Å²) < 4.78 is 30.2. The maximum atomic E-state index is 13.2. The molecule has 1 aliphatic heterocycles. The van der Waals surface area contributed by atoms with Crippen molar-refractivity contribution in [3.63, 3.8) is 0 Å². The van der Waals surface area contributed by atoms with Gasteiger partial charge in [0.2, 0.25) is 0 Å². The number of fused-ring (bicyclic) bond motifs is 1. The number of hydrogen-bond acceptors (Lipinski definition) is 6. The van der Waals surface area contributed by atoms with Gasteiger partial charge in [-0.3, -0.25) is 25.0 Å². The molecule has 9 nitrogen and oxygen atoms in total. The molecule has 0 saturated carbocycles. The van der Waals surface area contributed by atoms with Gasteiger partial charge in [-0.15, -0.1) is 0 Å². The van der Waals surface area contributed by atoms with Crippen LogP contribution >= 0.6 is 0 Å². The highest BCUT2D eigenvalue weighted by atomic mass is 19.3. The summed E-state index contributed by atoms with van der Waals surface area (Å²) in [6, 6.07) is 6.21. The van der Waals surface area contributed by atoms with E-state index in [9.17, 15) is 33.8 Å². The van der Waals surface area contributed by atoms with Gasteiger partial charge in [0, 0.05) is 18.2 Å². The van der Waals surface area contributed by atoms with Crippen molar-refractivity contribution in [1.29, 1.82) is 0 Å². The van der Waals surface area contributed by atoms with Gasteiger partial charge in [-0.25, -0.2) is 0 Å². The van der Waals surface area contributed by atoms with Crippen molar-refractivity contribution in [3.8, 4) is 5.75 Å². The average Bonchev–Trinajstić information content (AvgIpc) is 2.66. The maximum Gasteiger partial charge on any atom is 0.387 e. The number of anilines is 1. The van der Waals surface area contributed by atoms with Gasteiger partial charge in [0.25, 0.3) is 17.3 Å². The van der Waals surface area contributed by atoms with E-state index in [4.69, 9.17) is 0 Å². The number of benzene rings is 2. The van der Waals surface area contributed by atoms with E-state index < -0.39 is 33.7 Å². The molecule has 0 atom stereocenters. The van der Waals surface area contributed by atoms with Gasteiger partial charge in [0.15, 0.2) is 0 Å². The van der Waals surface area contributed by atoms with E-state index in [-0.39, 0.29) is 29.1 Å². The zero-order valence-corrected chi connectivity index (χ0v) is 15.1. The van der Waals surface area contributed by atoms with Crippen LogP contribution in [0.3, 0.4) is 0 Å². The van der Waals surface area contributed by atoms with Crippen molar-refractivity contribution < 1.29 is 28.2 Å². The molecular formula is C18H15F2N3O6. The number of amides is 1. The topological polar surface area (TPSA) is 116 Å². The third-order valence-electron chi connectivity index (χ3n) is 4.64. The highest BCUT2D eigenvalue weighted by Crippen LogP contribution is 2.39. The first kappa shape index (κ1) is 20.1. The second-order valence-corrected chi connectivity index (χ2v) is 6.35. The van der Waals surface area contributed by atoms with Gasteiger partial charge < -0.3 is 9.64 Å². The first-order chi connectivity index (χ1) is 13.7. The number of carbonyl (C=O) groups excluding carboxylic acids is 1. The Morgan fingerprint density at radius 2 is 1.93 bits per heavy atom. The number of halogens is 2. The van der Waals surface area contributed by atoms with Gasteiger partial charge in [0.05, 0.1) is 27.2 Å². The number of ether oxygens (including phenoxy) is 1. The smallest absolute Gasteiger partial charge is 0.387 e. The number of rotatable bonds is 5. The largest absolute Gasteiger partial charge is 0.433 e. The minimum Gasteiger partial charge on any atom is -0.433 e. The molecule has 1 aliphatic rings. The van der Waals surface area contributed by atoms with Crippen molar-refractivity contribution in [3.05, 3.63) is 67.3 Å². The Morgan fingerprint density at radius 3 is 2.55 bits per heavy atom. The second kappa shape index (κ2) is 7.78. The summed E-state index contributed by atoms with van der Waals surface area (Å²) in [4.78, 5) is 35.2. The van der Waals surface area contributed by atoms with E-state index in [1.54, 1.807) is 6.07 Å². The molecule has 2 aromatic carbocycles. The fourth-order valence-corrected chi connectivity index (χ4v) is 3.36. The first-order valence-corrected chi connectivity index (χ1v) is 8.52. The summed E-state index contributed by atoms with van der Waals surface area (Å²) in [5.74, 6) is -0.969. The summed E-state index contributed by atoms with van der Waals surface area (Å²) in [6.45, 7) is -1.66. The molecule has 0 aromatic heterocycles. The molecule has 0 unspecified atom stereocenters. The lowest BCUT2D eigenvalue weighted by Crippen LogP contribution is -2.36. The lowest BCUT2D eigenvalue weighted by Gasteiger charge is -2.31. The number of non-ortho nitro benzene ring substituents is 1. The molecule has 1 amide bonds. The normalized spacial score (nSPS) is 13.2. The van der Waals surface area contributed by atoms with Gasteiger partial charge in [-0.2, -0.15) is 8.78 Å². The van der Waals surface area contributed by atoms with Crippen LogP contribution in [-0.2, 0) is 6.42 Å². The Bertz CT molecular complexity index is 1010. The van der Waals surface area contributed by atoms with E-state index in [0.717, 1.165) is 12.1 Å². The maximum absolute atomic E-state index is 13.2. The number of alkyl halides is 2.